The van der Waals surface area contributed by atoms with Gasteiger partial charge in [0, 0.05) is 6.42 Å². The van der Waals surface area contributed by atoms with E-state index in [1.54, 1.807) is 23.5 Å². The van der Waals surface area contributed by atoms with Crippen LogP contribution in [0, 0.1) is 0 Å². The Hall–Kier alpha value is -1.70. The molecule has 1 heterocycles. The largest absolute Gasteiger partial charge is 0.350 e. The normalized spacial score (nSPS) is 12.8. The van der Waals surface area contributed by atoms with Gasteiger partial charge in [0.05, 0.1) is 10.9 Å². The molecule has 0 aliphatic heterocycles. The molecular weight excluding hydrogens is 320 g/mol. The van der Waals surface area contributed by atoms with Crippen LogP contribution >= 0.6 is 11.3 Å². The van der Waals surface area contributed by atoms with E-state index in [1.807, 2.05) is 23.8 Å². The van der Waals surface area contributed by atoms with Gasteiger partial charge in [-0.2, -0.15) is 11.3 Å². The number of sulfonamides is 1. The second-order valence-corrected chi connectivity index (χ2v) is 7.38. The van der Waals surface area contributed by atoms with Crippen molar-refractivity contribution in [3.63, 3.8) is 0 Å². The highest BCUT2D eigenvalue weighted by molar-refractivity contribution is 7.89. The molecule has 0 aliphatic rings. The van der Waals surface area contributed by atoms with Crippen LogP contribution in [-0.2, 0) is 21.2 Å². The maximum absolute atomic E-state index is 11.9. The van der Waals surface area contributed by atoms with Crippen LogP contribution in [0.4, 0.5) is 0 Å². The van der Waals surface area contributed by atoms with Crippen LogP contribution in [0.25, 0.3) is 0 Å². The fourth-order valence-electron chi connectivity index (χ4n) is 2.04. The van der Waals surface area contributed by atoms with Crippen molar-refractivity contribution in [1.29, 1.82) is 0 Å². The first-order valence-corrected chi connectivity index (χ1v) is 9.28. The van der Waals surface area contributed by atoms with E-state index in [9.17, 15) is 13.2 Å². The summed E-state index contributed by atoms with van der Waals surface area (Å²) >= 11 is 1.61. The first-order chi connectivity index (χ1) is 10.4. The Balaban J connectivity index is 1.91. The molecule has 1 atom stereocenters. The minimum absolute atomic E-state index is 0.0331. The average molecular weight is 338 g/mol. The maximum atomic E-state index is 11.9. The van der Waals surface area contributed by atoms with Crippen molar-refractivity contribution < 1.29 is 13.2 Å². The third kappa shape index (κ3) is 4.66. The molecule has 0 spiro atoms. The molecule has 0 bridgehead atoms. The molecule has 0 aliphatic carbocycles. The quantitative estimate of drug-likeness (QED) is 0.846. The van der Waals surface area contributed by atoms with Crippen molar-refractivity contribution in [2.75, 3.05) is 0 Å². The molecule has 5 nitrogen and oxygen atoms in total. The summed E-state index contributed by atoms with van der Waals surface area (Å²) < 4.78 is 22.4. The molecule has 118 valence electrons. The number of hydrogen-bond donors (Lipinski definition) is 2. The van der Waals surface area contributed by atoms with Crippen molar-refractivity contribution in [2.45, 2.75) is 30.7 Å². The van der Waals surface area contributed by atoms with Gasteiger partial charge in [-0.25, -0.2) is 13.6 Å². The lowest BCUT2D eigenvalue weighted by atomic mass is 10.1. The van der Waals surface area contributed by atoms with E-state index >= 15 is 0 Å². The Labute approximate surface area is 134 Å². The van der Waals surface area contributed by atoms with E-state index in [0.29, 0.717) is 12.8 Å². The maximum Gasteiger partial charge on any atom is 0.238 e. The smallest absolute Gasteiger partial charge is 0.238 e. The predicted molar refractivity (Wildman–Crippen MR) is 87.0 cm³/mol. The lowest BCUT2D eigenvalue weighted by molar-refractivity contribution is -0.121. The zero-order valence-corrected chi connectivity index (χ0v) is 13.8. The standard InChI is InChI=1S/C15H18N2O3S2/c1-11(13-3-5-14(6-4-13)22(16,19)20)17-15(18)7-2-12-8-9-21-10-12/h3-6,8-11H,2,7H2,1H3,(H,17,18)(H2,16,19,20)/t11-/m1/s1. The molecule has 0 saturated carbocycles. The summed E-state index contributed by atoms with van der Waals surface area (Å²) in [5.74, 6) is -0.0331. The zero-order valence-electron chi connectivity index (χ0n) is 12.2. The summed E-state index contributed by atoms with van der Waals surface area (Å²) in [5, 5.41) is 12.0. The second kappa shape index (κ2) is 7.04. The molecule has 1 amide bonds. The van der Waals surface area contributed by atoms with Gasteiger partial charge in [0.15, 0.2) is 0 Å². The number of rotatable bonds is 6. The third-order valence-corrected chi connectivity index (χ3v) is 4.97. The highest BCUT2D eigenvalue weighted by Crippen LogP contribution is 2.16. The van der Waals surface area contributed by atoms with Crippen LogP contribution in [0.1, 0.15) is 30.5 Å². The zero-order chi connectivity index (χ0) is 16.2. The highest BCUT2D eigenvalue weighted by Gasteiger charge is 2.12. The van der Waals surface area contributed by atoms with Crippen LogP contribution < -0.4 is 10.5 Å². The van der Waals surface area contributed by atoms with Crippen molar-refractivity contribution in [3.05, 3.63) is 52.2 Å². The molecule has 1 aromatic carbocycles. The monoisotopic (exact) mass is 338 g/mol. The van der Waals surface area contributed by atoms with Crippen molar-refractivity contribution in [2.24, 2.45) is 5.14 Å². The van der Waals surface area contributed by atoms with Gasteiger partial charge in [0.25, 0.3) is 0 Å². The number of amides is 1. The van der Waals surface area contributed by atoms with Gasteiger partial charge in [-0.05, 0) is 53.4 Å². The summed E-state index contributed by atoms with van der Waals surface area (Å²) in [6, 6.07) is 8.02. The van der Waals surface area contributed by atoms with Crippen LogP contribution in [0.15, 0.2) is 46.0 Å². The molecule has 7 heteroatoms. The van der Waals surface area contributed by atoms with Gasteiger partial charge < -0.3 is 5.32 Å². The molecule has 3 N–H and O–H groups in total. The number of carbonyl (C=O) groups is 1. The van der Waals surface area contributed by atoms with Gasteiger partial charge in [-0.1, -0.05) is 12.1 Å². The van der Waals surface area contributed by atoms with E-state index in [-0.39, 0.29) is 16.8 Å². The van der Waals surface area contributed by atoms with Crippen molar-refractivity contribution >= 4 is 27.3 Å². The Bertz CT molecular complexity index is 723. The third-order valence-electron chi connectivity index (χ3n) is 3.31. The number of benzene rings is 1. The lowest BCUT2D eigenvalue weighted by Gasteiger charge is -2.14. The Morgan fingerprint density at radius 2 is 1.95 bits per heavy atom. The van der Waals surface area contributed by atoms with Gasteiger partial charge >= 0.3 is 0 Å². The Morgan fingerprint density at radius 3 is 2.50 bits per heavy atom. The fraction of sp³-hybridized carbons (Fsp3) is 0.267. The number of nitrogens with two attached hydrogens (primary N) is 1. The molecule has 0 unspecified atom stereocenters. The van der Waals surface area contributed by atoms with Gasteiger partial charge in [-0.15, -0.1) is 0 Å². The molecule has 0 fully saturated rings. The van der Waals surface area contributed by atoms with E-state index in [0.717, 1.165) is 11.1 Å². The fourth-order valence-corrected chi connectivity index (χ4v) is 3.25. The number of aryl methyl sites for hydroxylation is 1. The first-order valence-electron chi connectivity index (χ1n) is 6.79. The minimum atomic E-state index is -3.69. The molecule has 2 aromatic rings. The number of primary sulfonamides is 1. The average Bonchev–Trinajstić information content (AvgIpc) is 2.97. The van der Waals surface area contributed by atoms with Crippen LogP contribution in [0.5, 0.6) is 0 Å². The van der Waals surface area contributed by atoms with E-state index < -0.39 is 10.0 Å². The van der Waals surface area contributed by atoms with Crippen LogP contribution in [0.3, 0.4) is 0 Å². The van der Waals surface area contributed by atoms with Crippen molar-refractivity contribution in [3.8, 4) is 0 Å². The van der Waals surface area contributed by atoms with Crippen LogP contribution in [0.2, 0.25) is 0 Å². The number of thiophene rings is 1. The lowest BCUT2D eigenvalue weighted by Crippen LogP contribution is -2.26. The molecule has 1 aromatic heterocycles. The summed E-state index contributed by atoms with van der Waals surface area (Å²) in [5.41, 5.74) is 1.99. The van der Waals surface area contributed by atoms with Crippen molar-refractivity contribution in [1.82, 2.24) is 5.32 Å². The molecule has 0 saturated heterocycles. The molecule has 0 radical (unpaired) electrons. The SMILES string of the molecule is C[C@@H](NC(=O)CCc1ccsc1)c1ccc(S(N)(=O)=O)cc1. The number of nitrogens with one attached hydrogen (secondary N) is 1. The predicted octanol–water partition coefficient (Wildman–Crippen LogP) is 2.21. The van der Waals surface area contributed by atoms with E-state index in [4.69, 9.17) is 5.14 Å². The summed E-state index contributed by atoms with van der Waals surface area (Å²) in [6.07, 6.45) is 1.14. The minimum Gasteiger partial charge on any atom is -0.350 e. The van der Waals surface area contributed by atoms with Crippen LogP contribution in [-0.4, -0.2) is 14.3 Å². The van der Waals surface area contributed by atoms with Gasteiger partial charge in [-0.3, -0.25) is 4.79 Å². The van der Waals surface area contributed by atoms with Gasteiger partial charge in [0.1, 0.15) is 0 Å². The number of hydrogen-bond acceptors (Lipinski definition) is 4. The molecular formula is C15H18N2O3S2. The highest BCUT2D eigenvalue weighted by atomic mass is 32.2. The summed E-state index contributed by atoms with van der Waals surface area (Å²) in [4.78, 5) is 12.0. The summed E-state index contributed by atoms with van der Waals surface area (Å²) in [7, 11) is -3.69. The number of carbonyl (C=O) groups excluding carboxylic acids is 1. The Morgan fingerprint density at radius 1 is 1.27 bits per heavy atom. The Kier molecular flexibility index (Phi) is 5.33. The van der Waals surface area contributed by atoms with E-state index in [1.165, 1.54) is 12.1 Å². The second-order valence-electron chi connectivity index (χ2n) is 5.03. The molecule has 22 heavy (non-hydrogen) atoms. The topological polar surface area (TPSA) is 89.3 Å². The summed E-state index contributed by atoms with van der Waals surface area (Å²) in [6.45, 7) is 1.86. The first kappa shape index (κ1) is 16.7. The van der Waals surface area contributed by atoms with Gasteiger partial charge in [0.2, 0.25) is 15.9 Å². The molecule has 2 rings (SSSR count). The van der Waals surface area contributed by atoms with E-state index in [2.05, 4.69) is 5.32 Å².